The Morgan fingerprint density at radius 3 is 2.24 bits per heavy atom. The summed E-state index contributed by atoms with van der Waals surface area (Å²) in [5.41, 5.74) is 14.7. The number of rotatable bonds is 5. The van der Waals surface area contributed by atoms with Crippen molar-refractivity contribution in [2.45, 2.75) is 24.8 Å². The highest BCUT2D eigenvalue weighted by Crippen LogP contribution is 2.39. The molecular formula is C32H31N5O. The molecule has 3 heterocycles. The zero-order valence-electron chi connectivity index (χ0n) is 21.4. The smallest absolute Gasteiger partial charge is 0.165 e. The van der Waals surface area contributed by atoms with E-state index in [1.165, 1.54) is 17.7 Å². The lowest BCUT2D eigenvalue weighted by Crippen LogP contribution is -2.43. The Bertz CT molecular complexity index is 1580. The number of anilines is 1. The van der Waals surface area contributed by atoms with Crippen molar-refractivity contribution < 1.29 is 4.74 Å². The number of nitrogens with two attached hydrogens (primary N) is 1. The highest BCUT2D eigenvalue weighted by Gasteiger charge is 2.34. The maximum absolute atomic E-state index is 6.61. The van der Waals surface area contributed by atoms with Crippen molar-refractivity contribution in [1.82, 2.24) is 14.5 Å². The molecule has 5 aromatic rings. The van der Waals surface area contributed by atoms with Crippen LogP contribution in [0.2, 0.25) is 0 Å². The van der Waals surface area contributed by atoms with Crippen LogP contribution in [0.4, 0.5) is 5.69 Å². The molecule has 190 valence electrons. The quantitative estimate of drug-likeness (QED) is 0.323. The number of ether oxygens (including phenoxy) is 1. The fourth-order valence-electron chi connectivity index (χ4n) is 5.62. The molecule has 38 heavy (non-hydrogen) atoms. The van der Waals surface area contributed by atoms with E-state index in [0.717, 1.165) is 78.6 Å². The van der Waals surface area contributed by atoms with Crippen LogP contribution in [0.25, 0.3) is 39.5 Å². The fourth-order valence-corrected chi connectivity index (χ4v) is 5.62. The van der Waals surface area contributed by atoms with Crippen molar-refractivity contribution in [2.24, 2.45) is 5.73 Å². The monoisotopic (exact) mass is 501 g/mol. The number of pyridine rings is 1. The van der Waals surface area contributed by atoms with Crippen molar-refractivity contribution in [3.05, 3.63) is 96.6 Å². The molecule has 0 amide bonds. The second kappa shape index (κ2) is 9.39. The summed E-state index contributed by atoms with van der Waals surface area (Å²) in [5, 5.41) is 0. The number of fused-ring (bicyclic) bond motifs is 1. The van der Waals surface area contributed by atoms with Crippen molar-refractivity contribution in [3.63, 3.8) is 0 Å². The minimum absolute atomic E-state index is 0.186. The average Bonchev–Trinajstić information content (AvgIpc) is 3.36. The Kier molecular flexibility index (Phi) is 5.72. The molecule has 0 spiro atoms. The summed E-state index contributed by atoms with van der Waals surface area (Å²) < 4.78 is 7.72. The molecule has 1 saturated heterocycles. The van der Waals surface area contributed by atoms with Gasteiger partial charge in [-0.25, -0.2) is 9.97 Å². The van der Waals surface area contributed by atoms with E-state index in [1.807, 2.05) is 18.2 Å². The third-order valence-electron chi connectivity index (χ3n) is 8.00. The Balaban J connectivity index is 1.35. The van der Waals surface area contributed by atoms with Gasteiger partial charge in [0.2, 0.25) is 0 Å². The van der Waals surface area contributed by atoms with Gasteiger partial charge in [-0.3, -0.25) is 4.57 Å². The molecule has 2 aromatic heterocycles. The molecule has 6 nitrogen and oxygen atoms in total. The van der Waals surface area contributed by atoms with E-state index in [-0.39, 0.29) is 5.54 Å². The van der Waals surface area contributed by atoms with E-state index < -0.39 is 0 Å². The lowest BCUT2D eigenvalue weighted by atomic mass is 9.73. The van der Waals surface area contributed by atoms with Crippen LogP contribution in [0.5, 0.6) is 0 Å². The maximum atomic E-state index is 6.61. The largest absolute Gasteiger partial charge is 0.378 e. The molecule has 0 bridgehead atoms. The van der Waals surface area contributed by atoms with E-state index in [2.05, 4.69) is 82.3 Å². The lowest BCUT2D eigenvalue weighted by Gasteiger charge is -2.38. The summed E-state index contributed by atoms with van der Waals surface area (Å²) >= 11 is 0. The molecule has 3 aromatic carbocycles. The number of morpholine rings is 1. The molecule has 2 N–H and O–H groups in total. The number of aromatic nitrogens is 3. The Labute approximate surface area is 222 Å². The fraction of sp³-hybridized carbons (Fsp3) is 0.250. The summed E-state index contributed by atoms with van der Waals surface area (Å²) in [5.74, 6) is 0.881. The van der Waals surface area contributed by atoms with Crippen LogP contribution in [0.15, 0.2) is 91.0 Å². The first-order valence-corrected chi connectivity index (χ1v) is 13.5. The van der Waals surface area contributed by atoms with Gasteiger partial charge >= 0.3 is 0 Å². The Hall–Kier alpha value is -4.00. The van der Waals surface area contributed by atoms with E-state index >= 15 is 0 Å². The summed E-state index contributed by atoms with van der Waals surface area (Å²) in [4.78, 5) is 12.6. The Morgan fingerprint density at radius 2 is 1.50 bits per heavy atom. The molecule has 0 unspecified atom stereocenters. The van der Waals surface area contributed by atoms with Crippen molar-refractivity contribution >= 4 is 16.9 Å². The van der Waals surface area contributed by atoms with Crippen LogP contribution in [-0.4, -0.2) is 40.8 Å². The van der Waals surface area contributed by atoms with Crippen molar-refractivity contribution in [1.29, 1.82) is 0 Å². The second-order valence-electron chi connectivity index (χ2n) is 10.4. The van der Waals surface area contributed by atoms with Gasteiger partial charge in [-0.15, -0.1) is 0 Å². The normalized spacial score (nSPS) is 16.9. The molecule has 0 atom stereocenters. The van der Waals surface area contributed by atoms with E-state index in [9.17, 15) is 0 Å². The van der Waals surface area contributed by atoms with Crippen LogP contribution in [-0.2, 0) is 10.3 Å². The minimum atomic E-state index is -0.186. The summed E-state index contributed by atoms with van der Waals surface area (Å²) in [6, 6.07) is 31.8. The van der Waals surface area contributed by atoms with Crippen LogP contribution >= 0.6 is 0 Å². The molecule has 6 heteroatoms. The summed E-state index contributed by atoms with van der Waals surface area (Å²) in [7, 11) is 0. The first-order valence-electron chi connectivity index (χ1n) is 13.5. The molecule has 1 saturated carbocycles. The SMILES string of the molecule is NC1(c2ccc(-n3c(-c4ccccc4)nc4ccc(-c5cccc(N6CCOCC6)c5)nc43)cc2)CCC1. The van der Waals surface area contributed by atoms with E-state index in [1.54, 1.807) is 0 Å². The predicted molar refractivity (Wildman–Crippen MR) is 152 cm³/mol. The van der Waals surface area contributed by atoms with Crippen LogP contribution in [0.3, 0.4) is 0 Å². The van der Waals surface area contributed by atoms with Gasteiger partial charge in [0.25, 0.3) is 0 Å². The zero-order valence-corrected chi connectivity index (χ0v) is 21.4. The molecule has 2 aliphatic rings. The average molecular weight is 502 g/mol. The summed E-state index contributed by atoms with van der Waals surface area (Å²) in [6.07, 6.45) is 3.29. The third kappa shape index (κ3) is 4.06. The molecular weight excluding hydrogens is 470 g/mol. The van der Waals surface area contributed by atoms with Gasteiger partial charge in [0.05, 0.1) is 18.9 Å². The molecule has 2 fully saturated rings. The molecule has 0 radical (unpaired) electrons. The maximum Gasteiger partial charge on any atom is 0.165 e. The Morgan fingerprint density at radius 1 is 0.737 bits per heavy atom. The highest BCUT2D eigenvalue weighted by molar-refractivity contribution is 5.83. The van der Waals surface area contributed by atoms with Gasteiger partial charge in [-0.2, -0.15) is 0 Å². The van der Waals surface area contributed by atoms with Gasteiger partial charge in [-0.1, -0.05) is 54.6 Å². The first-order chi connectivity index (χ1) is 18.7. The van der Waals surface area contributed by atoms with Gasteiger partial charge < -0.3 is 15.4 Å². The van der Waals surface area contributed by atoms with Crippen LogP contribution in [0.1, 0.15) is 24.8 Å². The van der Waals surface area contributed by atoms with Crippen molar-refractivity contribution in [2.75, 3.05) is 31.2 Å². The van der Waals surface area contributed by atoms with Gasteiger partial charge in [0.1, 0.15) is 11.3 Å². The van der Waals surface area contributed by atoms with E-state index in [4.69, 9.17) is 20.4 Å². The number of benzene rings is 3. The van der Waals surface area contributed by atoms with Crippen LogP contribution < -0.4 is 10.6 Å². The highest BCUT2D eigenvalue weighted by atomic mass is 16.5. The lowest BCUT2D eigenvalue weighted by molar-refractivity contribution is 0.122. The molecule has 1 aliphatic heterocycles. The second-order valence-corrected chi connectivity index (χ2v) is 10.4. The van der Waals surface area contributed by atoms with Gasteiger partial charge in [-0.05, 0) is 61.2 Å². The van der Waals surface area contributed by atoms with E-state index in [0.29, 0.717) is 0 Å². The summed E-state index contributed by atoms with van der Waals surface area (Å²) in [6.45, 7) is 3.34. The number of nitrogens with zero attached hydrogens (tertiary/aromatic N) is 4. The number of hydrogen-bond acceptors (Lipinski definition) is 5. The standard InChI is InChI=1S/C32H31N5O/c33-32(16-5-17-32)25-10-12-26(13-11-25)37-30(23-6-2-1-3-7-23)35-29-15-14-28(34-31(29)37)24-8-4-9-27(22-24)36-18-20-38-21-19-36/h1-4,6-15,22H,5,16-21,33H2. The van der Waals surface area contributed by atoms with Gasteiger partial charge in [0, 0.05) is 41.1 Å². The molecule has 1 aliphatic carbocycles. The zero-order chi connectivity index (χ0) is 25.5. The number of imidazole rings is 1. The molecule has 7 rings (SSSR count). The predicted octanol–water partition coefficient (Wildman–Crippen LogP) is 5.93. The first kappa shape index (κ1) is 23.1. The minimum Gasteiger partial charge on any atom is -0.378 e. The van der Waals surface area contributed by atoms with Crippen LogP contribution in [0, 0.1) is 0 Å². The van der Waals surface area contributed by atoms with Gasteiger partial charge in [0.15, 0.2) is 5.65 Å². The topological polar surface area (TPSA) is 69.2 Å². The number of hydrogen-bond donors (Lipinski definition) is 1. The van der Waals surface area contributed by atoms with Crippen molar-refractivity contribution in [3.8, 4) is 28.3 Å². The third-order valence-corrected chi connectivity index (χ3v) is 8.00.